The largest absolute Gasteiger partial charge is 0.467 e. The van der Waals surface area contributed by atoms with Gasteiger partial charge in [0.2, 0.25) is 17.7 Å². The zero-order valence-corrected chi connectivity index (χ0v) is 40.5. The van der Waals surface area contributed by atoms with Gasteiger partial charge in [-0.05, 0) is 122 Å². The number of hydrogen-bond donors (Lipinski definition) is 5. The molecule has 0 heterocycles. The molecule has 0 unspecified atom stereocenters. The Bertz CT molecular complexity index is 1590. The highest BCUT2D eigenvalue weighted by atomic mass is 35.5. The molecular formula is C44H77ClN6O11. The van der Waals surface area contributed by atoms with E-state index in [9.17, 15) is 28.8 Å². The van der Waals surface area contributed by atoms with Gasteiger partial charge in [0.15, 0.2) is 6.04 Å². The summed E-state index contributed by atoms with van der Waals surface area (Å²) in [5, 5.41) is 8.22. The first-order chi connectivity index (χ1) is 27.9. The molecule has 0 bridgehead atoms. The third kappa shape index (κ3) is 22.0. The minimum atomic E-state index is -1.65. The Balaban J connectivity index is 0.0000372. The molecular weight excluding hydrogens is 824 g/mol. The number of esters is 1. The fraction of sp³-hybridized carbons (Fsp3) is 0.727. The normalized spacial score (nSPS) is 15.6. The maximum Gasteiger partial charge on any atom is 0.418 e. The fourth-order valence-corrected chi connectivity index (χ4v) is 6.05. The number of amides is 5. The molecule has 0 saturated carbocycles. The lowest BCUT2D eigenvalue weighted by atomic mass is 10.0. The molecule has 1 aromatic carbocycles. The van der Waals surface area contributed by atoms with Crippen LogP contribution in [0.4, 0.5) is 4.79 Å². The van der Waals surface area contributed by atoms with Crippen LogP contribution in [0, 0.1) is 0 Å². The average Bonchev–Trinajstić information content (AvgIpc) is 3.11. The number of carbonyl (C=O) groups excluding carboxylic acids is 6. The van der Waals surface area contributed by atoms with E-state index < -0.39 is 107 Å². The Morgan fingerprint density at radius 3 is 1.68 bits per heavy atom. The summed E-state index contributed by atoms with van der Waals surface area (Å²) in [7, 11) is 1.10. The van der Waals surface area contributed by atoms with Crippen LogP contribution in [0.25, 0.3) is 0 Å². The Hall–Kier alpha value is -3.87. The Morgan fingerprint density at radius 2 is 1.21 bits per heavy atom. The maximum atomic E-state index is 14.9. The average molecular weight is 902 g/mol. The van der Waals surface area contributed by atoms with E-state index in [1.165, 1.54) is 6.92 Å². The first-order valence-electron chi connectivity index (χ1n) is 20.9. The Labute approximate surface area is 375 Å². The molecule has 5 amide bonds. The highest BCUT2D eigenvalue weighted by molar-refractivity contribution is 6.02. The van der Waals surface area contributed by atoms with Crippen molar-refractivity contribution in [1.29, 1.82) is 0 Å². The number of nitrogens with one attached hydrogen (secondary N) is 3. The lowest BCUT2D eigenvalue weighted by Gasteiger charge is -2.37. The van der Waals surface area contributed by atoms with Gasteiger partial charge < -0.3 is 51.1 Å². The molecule has 0 radical (unpaired) electrons. The zero-order chi connectivity index (χ0) is 47.1. The number of halogens is 1. The van der Waals surface area contributed by atoms with Gasteiger partial charge in [0.25, 0.3) is 5.91 Å². The second kappa shape index (κ2) is 25.4. The molecule has 0 aromatic heterocycles. The van der Waals surface area contributed by atoms with Gasteiger partial charge in [0.1, 0.15) is 23.7 Å². The van der Waals surface area contributed by atoms with Crippen LogP contribution in [0.1, 0.15) is 122 Å². The van der Waals surface area contributed by atoms with Crippen molar-refractivity contribution in [2.24, 2.45) is 11.5 Å². The summed E-state index contributed by atoms with van der Waals surface area (Å²) in [5.74, 6) is -4.26. The lowest BCUT2D eigenvalue weighted by molar-refractivity contribution is -0.161. The maximum absolute atomic E-state index is 14.9. The topological polar surface area (TPSA) is 240 Å². The smallest absolute Gasteiger partial charge is 0.418 e. The number of rotatable bonds is 21. The summed E-state index contributed by atoms with van der Waals surface area (Å²) in [6, 6.07) is 1.89. The van der Waals surface area contributed by atoms with Crippen molar-refractivity contribution in [1.82, 2.24) is 20.9 Å². The second-order valence-corrected chi connectivity index (χ2v) is 19.1. The van der Waals surface area contributed by atoms with E-state index in [4.69, 9.17) is 35.2 Å². The van der Waals surface area contributed by atoms with Gasteiger partial charge in [-0.2, -0.15) is 0 Å². The van der Waals surface area contributed by atoms with E-state index in [-0.39, 0.29) is 18.8 Å². The first kappa shape index (κ1) is 58.1. The van der Waals surface area contributed by atoms with Crippen LogP contribution in [0.3, 0.4) is 0 Å². The number of imide groups is 1. The molecule has 62 heavy (non-hydrogen) atoms. The number of carbonyl (C=O) groups is 6. The number of unbranched alkanes of at least 4 members (excludes halogenated alkanes) is 1. The van der Waals surface area contributed by atoms with Gasteiger partial charge in [0, 0.05) is 6.42 Å². The summed E-state index contributed by atoms with van der Waals surface area (Å²) >= 11 is 0. The molecule has 1 rings (SSSR count). The van der Waals surface area contributed by atoms with E-state index in [0.717, 1.165) is 7.11 Å². The number of ether oxygens (including phenoxy) is 5. The lowest BCUT2D eigenvalue weighted by Crippen LogP contribution is -2.64. The minimum Gasteiger partial charge on any atom is -0.467 e. The summed E-state index contributed by atoms with van der Waals surface area (Å²) < 4.78 is 28.9. The number of hydrogen-bond acceptors (Lipinski definition) is 13. The molecule has 0 fully saturated rings. The van der Waals surface area contributed by atoms with Crippen LogP contribution in [-0.4, -0.2) is 126 Å². The van der Waals surface area contributed by atoms with E-state index in [2.05, 4.69) is 16.0 Å². The van der Waals surface area contributed by atoms with Gasteiger partial charge >= 0.3 is 12.1 Å². The molecule has 0 spiro atoms. The third-order valence-corrected chi connectivity index (χ3v) is 8.67. The molecule has 7 N–H and O–H groups in total. The van der Waals surface area contributed by atoms with Crippen molar-refractivity contribution in [3.63, 3.8) is 0 Å². The predicted octanol–water partition coefficient (Wildman–Crippen LogP) is 4.09. The molecule has 0 aliphatic rings. The number of benzene rings is 1. The summed E-state index contributed by atoms with van der Waals surface area (Å²) in [5.41, 5.74) is 8.94. The van der Waals surface area contributed by atoms with Crippen molar-refractivity contribution in [3.8, 4) is 0 Å². The molecule has 18 heteroatoms. The van der Waals surface area contributed by atoms with Crippen molar-refractivity contribution < 1.29 is 52.5 Å². The molecule has 0 aliphatic carbocycles. The van der Waals surface area contributed by atoms with Gasteiger partial charge in [-0.1, -0.05) is 36.8 Å². The van der Waals surface area contributed by atoms with Gasteiger partial charge in [-0.3, -0.25) is 19.2 Å². The molecule has 0 saturated heterocycles. The van der Waals surface area contributed by atoms with Crippen molar-refractivity contribution in [3.05, 3.63) is 35.9 Å². The summed E-state index contributed by atoms with van der Waals surface area (Å²) in [4.78, 5) is 85.3. The Kier molecular flexibility index (Phi) is 23.8. The molecule has 17 nitrogen and oxygen atoms in total. The van der Waals surface area contributed by atoms with Gasteiger partial charge in [-0.25, -0.2) is 14.5 Å². The monoisotopic (exact) mass is 901 g/mol. The van der Waals surface area contributed by atoms with Gasteiger partial charge in [0.05, 0.1) is 48.8 Å². The van der Waals surface area contributed by atoms with Crippen LogP contribution in [0.5, 0.6) is 0 Å². The highest BCUT2D eigenvalue weighted by Gasteiger charge is 2.45. The Morgan fingerprint density at radius 1 is 0.694 bits per heavy atom. The molecule has 1 aromatic rings. The van der Waals surface area contributed by atoms with Crippen molar-refractivity contribution in [2.45, 2.75) is 187 Å². The SMILES string of the molecule is COC(=O)[C@H](COC(C)(C)C)N(C(=O)OC(C)(C)C)C(=O)[C@@H](NC(=O)[C@H](Cc1ccccc1)NC(=O)[C@@H](NC(=O)[C@@H](N)CCCCN)[C@@H](C)OC(C)(C)C)[C@@H](C)OC(C)(C)C.Cl. The van der Waals surface area contributed by atoms with E-state index in [1.807, 2.05) is 0 Å². The fourth-order valence-electron chi connectivity index (χ4n) is 6.05. The van der Waals surface area contributed by atoms with Gasteiger partial charge in [-0.15, -0.1) is 12.4 Å². The van der Waals surface area contributed by atoms with Crippen LogP contribution in [0.15, 0.2) is 30.3 Å². The van der Waals surface area contributed by atoms with Crippen molar-refractivity contribution in [2.75, 3.05) is 20.3 Å². The number of nitrogens with two attached hydrogens (primary N) is 2. The number of methoxy groups -OCH3 is 1. The van der Waals surface area contributed by atoms with E-state index >= 15 is 0 Å². The molecule has 0 aliphatic heterocycles. The van der Waals surface area contributed by atoms with Crippen LogP contribution >= 0.6 is 12.4 Å². The number of nitrogens with zero attached hydrogens (tertiary/aromatic N) is 1. The van der Waals surface area contributed by atoms with Crippen LogP contribution in [0.2, 0.25) is 0 Å². The quantitative estimate of drug-likeness (QED) is 0.0865. The molecule has 356 valence electrons. The van der Waals surface area contributed by atoms with E-state index in [0.29, 0.717) is 36.3 Å². The zero-order valence-electron chi connectivity index (χ0n) is 39.7. The standard InChI is InChI=1S/C44H76N6O11.ClH/c1-27(59-42(6,7)8)33(48-35(51)30(46)23-19-20-24-45)37(53)47-31(25-29-21-17-16-18-22-29)36(52)49-34(28(2)60-43(9,10)11)38(54)50(40(56)61-44(12,13)14)32(39(55)57-15)26-58-41(3,4)5;/h16-18,21-22,27-28,30-34H,19-20,23-26,45-46H2,1-15H3,(H,47,53)(H,48,51)(H,49,52);1H/t27-,28-,30+,31+,32+,33+,34+;/m1./s1. The first-order valence-corrected chi connectivity index (χ1v) is 20.9. The van der Waals surface area contributed by atoms with Crippen LogP contribution in [-0.2, 0) is 54.1 Å². The van der Waals surface area contributed by atoms with Crippen LogP contribution < -0.4 is 27.4 Å². The van der Waals surface area contributed by atoms with E-state index in [1.54, 1.807) is 120 Å². The minimum absolute atomic E-state index is 0. The second-order valence-electron chi connectivity index (χ2n) is 19.1. The summed E-state index contributed by atoms with van der Waals surface area (Å²) in [6.45, 7) is 23.7. The molecule has 7 atom stereocenters. The highest BCUT2D eigenvalue weighted by Crippen LogP contribution is 2.21. The third-order valence-electron chi connectivity index (χ3n) is 8.67. The predicted molar refractivity (Wildman–Crippen MR) is 239 cm³/mol. The summed E-state index contributed by atoms with van der Waals surface area (Å²) in [6.07, 6.45) is -1.71. The van der Waals surface area contributed by atoms with Crippen molar-refractivity contribution >= 4 is 48.1 Å².